The molecule has 1 heterocycles. The lowest BCUT2D eigenvalue weighted by atomic mass is 10.1. The number of thiazole rings is 1. The van der Waals surface area contributed by atoms with Crippen LogP contribution < -0.4 is 16.0 Å². The number of hydrogen-bond acceptors (Lipinski definition) is 7. The lowest BCUT2D eigenvalue weighted by Gasteiger charge is -2.10. The number of benzene rings is 1. The third-order valence-electron chi connectivity index (χ3n) is 3.93. The van der Waals surface area contributed by atoms with Gasteiger partial charge in [-0.3, -0.25) is 10.1 Å². The first kappa shape index (κ1) is 22.4. The number of carbonyl (C=O) groups excluding carboxylic acids is 3. The molecule has 0 aliphatic carbocycles. The molecule has 9 heteroatoms. The molecule has 3 N–H and O–H groups in total. The first-order valence-corrected chi connectivity index (χ1v) is 10.2. The zero-order chi connectivity index (χ0) is 21.4. The molecule has 0 aliphatic heterocycles. The third kappa shape index (κ3) is 7.53. The fraction of sp³-hybridized carbons (Fsp3) is 0.400. The summed E-state index contributed by atoms with van der Waals surface area (Å²) in [5, 5.41) is 10.0. The van der Waals surface area contributed by atoms with Crippen LogP contribution in [0.5, 0.6) is 0 Å². The topological polar surface area (TPSA) is 109 Å². The van der Waals surface area contributed by atoms with Gasteiger partial charge in [0.05, 0.1) is 0 Å². The molecule has 0 radical (unpaired) electrons. The summed E-state index contributed by atoms with van der Waals surface area (Å²) in [7, 11) is 0. The Morgan fingerprint density at radius 3 is 2.66 bits per heavy atom. The van der Waals surface area contributed by atoms with E-state index >= 15 is 0 Å². The summed E-state index contributed by atoms with van der Waals surface area (Å²) in [4.78, 5) is 39.9. The molecule has 0 unspecified atom stereocenters. The molecule has 29 heavy (non-hydrogen) atoms. The Hall–Kier alpha value is -2.94. The number of rotatable bonds is 8. The Kier molecular flexibility index (Phi) is 8.14. The molecular weight excluding hydrogens is 392 g/mol. The summed E-state index contributed by atoms with van der Waals surface area (Å²) in [5.41, 5.74) is 2.66. The Morgan fingerprint density at radius 2 is 1.97 bits per heavy atom. The van der Waals surface area contributed by atoms with Crippen molar-refractivity contribution in [1.82, 2.24) is 10.3 Å². The van der Waals surface area contributed by atoms with Gasteiger partial charge in [-0.1, -0.05) is 31.5 Å². The van der Waals surface area contributed by atoms with E-state index in [4.69, 9.17) is 4.74 Å². The van der Waals surface area contributed by atoms with Crippen LogP contribution in [0.15, 0.2) is 23.6 Å². The Labute approximate surface area is 174 Å². The number of hydrogen-bond donors (Lipinski definition) is 3. The lowest BCUT2D eigenvalue weighted by Crippen LogP contribution is -2.37. The second-order valence-corrected chi connectivity index (χ2v) is 7.90. The normalized spacial score (nSPS) is 10.5. The number of anilines is 2. The van der Waals surface area contributed by atoms with Crippen LogP contribution >= 0.6 is 11.3 Å². The van der Waals surface area contributed by atoms with E-state index in [1.54, 1.807) is 11.4 Å². The van der Waals surface area contributed by atoms with E-state index in [-0.39, 0.29) is 5.69 Å². The number of aryl methyl sites for hydroxylation is 2. The minimum absolute atomic E-state index is 0.120. The summed E-state index contributed by atoms with van der Waals surface area (Å²) < 4.78 is 4.92. The van der Waals surface area contributed by atoms with Crippen LogP contribution in [0.1, 0.15) is 41.9 Å². The van der Waals surface area contributed by atoms with Gasteiger partial charge in [0, 0.05) is 17.6 Å². The van der Waals surface area contributed by atoms with Gasteiger partial charge in [0.2, 0.25) is 0 Å². The number of nitrogens with one attached hydrogen (secondary N) is 3. The first-order valence-electron chi connectivity index (χ1n) is 9.29. The minimum Gasteiger partial charge on any atom is -0.451 e. The highest BCUT2D eigenvalue weighted by atomic mass is 32.1. The fourth-order valence-corrected chi connectivity index (χ4v) is 3.10. The summed E-state index contributed by atoms with van der Waals surface area (Å²) >= 11 is 1.29. The smallest absolute Gasteiger partial charge is 0.358 e. The standard InChI is InChI=1S/C20H26N4O4S/c1-12(2)7-8-21-20-23-16(11-29-20)18(26)28-10-17(25)24-19(27)22-15-6-5-13(3)9-14(15)4/h5-6,9,11-12H,7-8,10H2,1-4H3,(H,21,23)(H2,22,24,25,27). The van der Waals surface area contributed by atoms with E-state index < -0.39 is 24.5 Å². The molecule has 0 saturated carbocycles. The van der Waals surface area contributed by atoms with Crippen LogP contribution in [-0.2, 0) is 9.53 Å². The van der Waals surface area contributed by atoms with Crippen molar-refractivity contribution >= 4 is 40.1 Å². The minimum atomic E-state index is -0.730. The Balaban J connectivity index is 1.76. The molecular formula is C20H26N4O4S. The number of amides is 3. The van der Waals surface area contributed by atoms with Gasteiger partial charge in [-0.05, 0) is 37.8 Å². The number of carbonyl (C=O) groups is 3. The Morgan fingerprint density at radius 1 is 1.21 bits per heavy atom. The fourth-order valence-electron chi connectivity index (χ4n) is 2.39. The van der Waals surface area contributed by atoms with Crippen LogP contribution in [0.4, 0.5) is 15.6 Å². The molecule has 0 atom stereocenters. The molecule has 0 spiro atoms. The first-order chi connectivity index (χ1) is 13.7. The molecule has 156 valence electrons. The van der Waals surface area contributed by atoms with Gasteiger partial charge in [-0.25, -0.2) is 14.6 Å². The van der Waals surface area contributed by atoms with Crippen LogP contribution in [0.2, 0.25) is 0 Å². The molecule has 0 bridgehead atoms. The van der Waals surface area contributed by atoms with Crippen molar-refractivity contribution in [2.75, 3.05) is 23.8 Å². The third-order valence-corrected chi connectivity index (χ3v) is 4.73. The van der Waals surface area contributed by atoms with Crippen LogP contribution in [0.25, 0.3) is 0 Å². The van der Waals surface area contributed by atoms with Crippen LogP contribution in [-0.4, -0.2) is 36.0 Å². The van der Waals surface area contributed by atoms with Gasteiger partial charge in [0.15, 0.2) is 17.4 Å². The van der Waals surface area contributed by atoms with Crippen molar-refractivity contribution in [3.63, 3.8) is 0 Å². The van der Waals surface area contributed by atoms with Crippen LogP contribution in [0.3, 0.4) is 0 Å². The van der Waals surface area contributed by atoms with Crippen molar-refractivity contribution in [3.05, 3.63) is 40.4 Å². The second-order valence-electron chi connectivity index (χ2n) is 7.04. The summed E-state index contributed by atoms with van der Waals surface area (Å²) in [5.74, 6) is -0.883. The maximum Gasteiger partial charge on any atom is 0.358 e. The predicted molar refractivity (Wildman–Crippen MR) is 113 cm³/mol. The number of ether oxygens (including phenoxy) is 1. The Bertz CT molecular complexity index is 879. The van der Waals surface area contributed by atoms with E-state index in [2.05, 4.69) is 34.8 Å². The van der Waals surface area contributed by atoms with Gasteiger partial charge in [0.25, 0.3) is 5.91 Å². The van der Waals surface area contributed by atoms with Crippen molar-refractivity contribution in [3.8, 4) is 0 Å². The van der Waals surface area contributed by atoms with Gasteiger partial charge < -0.3 is 15.4 Å². The molecule has 0 fully saturated rings. The molecule has 3 amide bonds. The van der Waals surface area contributed by atoms with Gasteiger partial charge in [0.1, 0.15) is 0 Å². The number of imide groups is 1. The number of urea groups is 1. The number of aromatic nitrogens is 1. The maximum absolute atomic E-state index is 12.0. The van der Waals surface area contributed by atoms with E-state index in [0.717, 1.165) is 24.1 Å². The predicted octanol–water partition coefficient (Wildman–Crippen LogP) is 3.72. The average Bonchev–Trinajstić information content (AvgIpc) is 3.10. The molecule has 2 rings (SSSR count). The van der Waals surface area contributed by atoms with E-state index in [9.17, 15) is 14.4 Å². The molecule has 1 aromatic heterocycles. The molecule has 0 aliphatic rings. The highest BCUT2D eigenvalue weighted by Crippen LogP contribution is 2.17. The van der Waals surface area contributed by atoms with E-state index in [0.29, 0.717) is 16.7 Å². The van der Waals surface area contributed by atoms with E-state index in [1.807, 2.05) is 26.0 Å². The van der Waals surface area contributed by atoms with Crippen molar-refractivity contribution in [2.45, 2.75) is 34.1 Å². The average molecular weight is 419 g/mol. The van der Waals surface area contributed by atoms with Crippen molar-refractivity contribution in [1.29, 1.82) is 0 Å². The summed E-state index contributed by atoms with van der Waals surface area (Å²) in [6, 6.07) is 4.83. The van der Waals surface area contributed by atoms with Gasteiger partial charge >= 0.3 is 12.0 Å². The molecule has 2 aromatic rings. The molecule has 8 nitrogen and oxygen atoms in total. The van der Waals surface area contributed by atoms with Gasteiger partial charge in [-0.15, -0.1) is 11.3 Å². The highest BCUT2D eigenvalue weighted by molar-refractivity contribution is 7.13. The summed E-state index contributed by atoms with van der Waals surface area (Å²) in [6.45, 7) is 8.23. The molecule has 1 aromatic carbocycles. The molecule has 0 saturated heterocycles. The zero-order valence-corrected chi connectivity index (χ0v) is 17.8. The quantitative estimate of drug-likeness (QED) is 0.564. The van der Waals surface area contributed by atoms with Crippen molar-refractivity contribution in [2.24, 2.45) is 5.92 Å². The lowest BCUT2D eigenvalue weighted by molar-refractivity contribution is -0.123. The number of nitrogens with zero attached hydrogens (tertiary/aromatic N) is 1. The number of esters is 1. The maximum atomic E-state index is 12.0. The van der Waals surface area contributed by atoms with E-state index in [1.165, 1.54) is 11.3 Å². The zero-order valence-electron chi connectivity index (χ0n) is 17.0. The largest absolute Gasteiger partial charge is 0.451 e. The SMILES string of the molecule is Cc1ccc(NC(=O)NC(=O)COC(=O)c2csc(NCCC(C)C)n2)c(C)c1. The monoisotopic (exact) mass is 418 g/mol. The highest BCUT2D eigenvalue weighted by Gasteiger charge is 2.16. The van der Waals surface area contributed by atoms with Gasteiger partial charge in [-0.2, -0.15) is 0 Å². The van der Waals surface area contributed by atoms with Crippen LogP contribution in [0, 0.1) is 19.8 Å². The summed E-state index contributed by atoms with van der Waals surface area (Å²) in [6.07, 6.45) is 0.990. The van der Waals surface area contributed by atoms with Crippen molar-refractivity contribution < 1.29 is 19.1 Å². The second kappa shape index (κ2) is 10.6.